The number of rotatable bonds is 5. The van der Waals surface area contributed by atoms with Crippen LogP contribution in [0.2, 0.25) is 15.1 Å². The van der Waals surface area contributed by atoms with E-state index in [9.17, 15) is 4.79 Å². The molecular formula is C22H23Cl3N2O. The van der Waals surface area contributed by atoms with Crippen LogP contribution >= 0.6 is 34.8 Å². The third-order valence-electron chi connectivity index (χ3n) is 5.83. The molecule has 0 aromatic heterocycles. The van der Waals surface area contributed by atoms with Crippen LogP contribution in [0.25, 0.3) is 0 Å². The van der Waals surface area contributed by atoms with Crippen molar-refractivity contribution in [1.29, 1.82) is 0 Å². The SMILES string of the molecule is O=C(Cc1ccc(Cl)c(Cl)c1)C1(CN2CCCC2)NCCc2cc(Cl)ccc21. The van der Waals surface area contributed by atoms with Gasteiger partial charge in [0.15, 0.2) is 5.78 Å². The summed E-state index contributed by atoms with van der Waals surface area (Å²) in [5, 5.41) is 5.28. The minimum Gasteiger partial charge on any atom is -0.301 e. The second-order valence-electron chi connectivity index (χ2n) is 7.72. The van der Waals surface area contributed by atoms with Crippen molar-refractivity contribution in [3.63, 3.8) is 0 Å². The lowest BCUT2D eigenvalue weighted by molar-refractivity contribution is -0.126. The molecule has 1 fully saturated rings. The van der Waals surface area contributed by atoms with Gasteiger partial charge in [-0.05, 0) is 73.3 Å². The molecule has 2 aromatic carbocycles. The van der Waals surface area contributed by atoms with Crippen LogP contribution in [0, 0.1) is 0 Å². The first kappa shape index (κ1) is 20.2. The first-order chi connectivity index (χ1) is 13.5. The summed E-state index contributed by atoms with van der Waals surface area (Å²) < 4.78 is 0. The predicted octanol–water partition coefficient (Wildman–Crippen LogP) is 4.90. The molecule has 3 nitrogen and oxygen atoms in total. The number of nitrogens with one attached hydrogen (secondary N) is 1. The van der Waals surface area contributed by atoms with E-state index in [1.165, 1.54) is 12.8 Å². The van der Waals surface area contributed by atoms with Crippen molar-refractivity contribution in [3.05, 3.63) is 68.2 Å². The first-order valence-electron chi connectivity index (χ1n) is 9.71. The average Bonchev–Trinajstić information content (AvgIpc) is 3.17. The monoisotopic (exact) mass is 436 g/mol. The van der Waals surface area contributed by atoms with Gasteiger partial charge >= 0.3 is 0 Å². The molecule has 1 N–H and O–H groups in total. The van der Waals surface area contributed by atoms with E-state index in [1.807, 2.05) is 24.3 Å². The molecular weight excluding hydrogens is 415 g/mol. The highest BCUT2D eigenvalue weighted by molar-refractivity contribution is 6.42. The first-order valence-corrected chi connectivity index (χ1v) is 10.8. The van der Waals surface area contributed by atoms with E-state index in [2.05, 4.69) is 10.2 Å². The van der Waals surface area contributed by atoms with Crippen LogP contribution in [-0.2, 0) is 23.2 Å². The Balaban J connectivity index is 1.71. The van der Waals surface area contributed by atoms with Gasteiger partial charge in [-0.1, -0.05) is 46.9 Å². The maximum atomic E-state index is 13.7. The van der Waals surface area contributed by atoms with E-state index in [-0.39, 0.29) is 5.78 Å². The number of ketones is 1. The Labute approximate surface area is 181 Å². The van der Waals surface area contributed by atoms with Gasteiger partial charge in [0, 0.05) is 24.5 Å². The maximum Gasteiger partial charge on any atom is 0.163 e. The number of likely N-dealkylation sites (tertiary alicyclic amines) is 1. The van der Waals surface area contributed by atoms with Crippen LogP contribution in [0.1, 0.15) is 29.5 Å². The largest absolute Gasteiger partial charge is 0.301 e. The molecule has 0 amide bonds. The molecule has 2 aliphatic heterocycles. The molecule has 0 aliphatic carbocycles. The number of fused-ring (bicyclic) bond motifs is 1. The molecule has 0 radical (unpaired) electrons. The van der Waals surface area contributed by atoms with Crippen molar-refractivity contribution in [2.45, 2.75) is 31.2 Å². The van der Waals surface area contributed by atoms with Gasteiger partial charge in [-0.25, -0.2) is 0 Å². The fraction of sp³-hybridized carbons (Fsp3) is 0.409. The fourth-order valence-electron chi connectivity index (χ4n) is 4.43. The van der Waals surface area contributed by atoms with E-state index < -0.39 is 5.54 Å². The predicted molar refractivity (Wildman–Crippen MR) is 116 cm³/mol. The third-order valence-corrected chi connectivity index (χ3v) is 6.81. The number of halogens is 3. The Morgan fingerprint density at radius 1 is 1.04 bits per heavy atom. The maximum absolute atomic E-state index is 13.7. The summed E-state index contributed by atoms with van der Waals surface area (Å²) in [4.78, 5) is 16.1. The second-order valence-corrected chi connectivity index (χ2v) is 8.97. The quantitative estimate of drug-likeness (QED) is 0.722. The van der Waals surface area contributed by atoms with Crippen LogP contribution < -0.4 is 5.32 Å². The molecule has 0 saturated carbocycles. The molecule has 148 valence electrons. The minimum atomic E-state index is -0.728. The Hall–Kier alpha value is -1.10. The summed E-state index contributed by atoms with van der Waals surface area (Å²) in [7, 11) is 0. The van der Waals surface area contributed by atoms with Crippen molar-refractivity contribution in [3.8, 4) is 0 Å². The highest BCUT2D eigenvalue weighted by atomic mass is 35.5. The molecule has 0 spiro atoms. The lowest BCUT2D eigenvalue weighted by Crippen LogP contribution is -2.59. The molecule has 2 aromatic rings. The van der Waals surface area contributed by atoms with E-state index >= 15 is 0 Å². The molecule has 28 heavy (non-hydrogen) atoms. The molecule has 6 heteroatoms. The van der Waals surface area contributed by atoms with Gasteiger partial charge < -0.3 is 4.90 Å². The number of hydrogen-bond acceptors (Lipinski definition) is 3. The summed E-state index contributed by atoms with van der Waals surface area (Å²) in [5.74, 6) is 0.154. The summed E-state index contributed by atoms with van der Waals surface area (Å²) in [6, 6.07) is 11.3. The van der Waals surface area contributed by atoms with Gasteiger partial charge in [0.2, 0.25) is 0 Å². The van der Waals surface area contributed by atoms with Crippen LogP contribution in [0.4, 0.5) is 0 Å². The lowest BCUT2D eigenvalue weighted by atomic mass is 9.77. The van der Waals surface area contributed by atoms with Crippen molar-refractivity contribution in [2.75, 3.05) is 26.2 Å². The summed E-state index contributed by atoms with van der Waals surface area (Å²) >= 11 is 18.5. The molecule has 1 saturated heterocycles. The highest BCUT2D eigenvalue weighted by Gasteiger charge is 2.44. The Morgan fingerprint density at radius 2 is 1.82 bits per heavy atom. The lowest BCUT2D eigenvalue weighted by Gasteiger charge is -2.41. The van der Waals surface area contributed by atoms with Gasteiger partial charge in [0.1, 0.15) is 5.54 Å². The van der Waals surface area contributed by atoms with Crippen molar-refractivity contribution >= 4 is 40.6 Å². The molecule has 0 bridgehead atoms. The molecule has 2 heterocycles. The van der Waals surface area contributed by atoms with E-state index in [1.54, 1.807) is 12.1 Å². The number of Topliss-reactive ketones (excluding diaryl/α,β-unsaturated/α-hetero) is 1. The zero-order valence-corrected chi connectivity index (χ0v) is 17.9. The smallest absolute Gasteiger partial charge is 0.163 e. The van der Waals surface area contributed by atoms with Crippen molar-refractivity contribution in [1.82, 2.24) is 10.2 Å². The zero-order valence-electron chi connectivity index (χ0n) is 15.6. The number of hydrogen-bond donors (Lipinski definition) is 1. The van der Waals surface area contributed by atoms with E-state index in [4.69, 9.17) is 34.8 Å². The van der Waals surface area contributed by atoms with Crippen LogP contribution in [0.5, 0.6) is 0 Å². The van der Waals surface area contributed by atoms with Crippen molar-refractivity contribution < 1.29 is 4.79 Å². The molecule has 1 atom stereocenters. The van der Waals surface area contributed by atoms with E-state index in [0.29, 0.717) is 28.0 Å². The third kappa shape index (κ3) is 3.96. The Kier molecular flexibility index (Phi) is 6.01. The highest BCUT2D eigenvalue weighted by Crippen LogP contribution is 2.34. The summed E-state index contributed by atoms with van der Waals surface area (Å²) in [5.41, 5.74) is 2.37. The topological polar surface area (TPSA) is 32.3 Å². The molecule has 4 rings (SSSR count). The standard InChI is InChI=1S/C22H23Cl3N2O/c23-17-4-5-18-16(13-17)7-8-26-22(18,14-27-9-1-2-10-27)21(28)12-15-3-6-19(24)20(25)11-15/h3-6,11,13,26H,1-2,7-10,12,14H2. The Morgan fingerprint density at radius 3 is 2.57 bits per heavy atom. The number of benzene rings is 2. The van der Waals surface area contributed by atoms with Crippen LogP contribution in [0.15, 0.2) is 36.4 Å². The van der Waals surface area contributed by atoms with E-state index in [0.717, 1.165) is 42.7 Å². The normalized spacial score (nSPS) is 22.2. The average molecular weight is 438 g/mol. The molecule has 2 aliphatic rings. The van der Waals surface area contributed by atoms with Gasteiger partial charge in [0.05, 0.1) is 10.0 Å². The Bertz CT molecular complexity index is 895. The van der Waals surface area contributed by atoms with Crippen LogP contribution in [-0.4, -0.2) is 36.9 Å². The number of carbonyl (C=O) groups is 1. The fourth-order valence-corrected chi connectivity index (χ4v) is 4.95. The molecule has 1 unspecified atom stereocenters. The minimum absolute atomic E-state index is 0.154. The van der Waals surface area contributed by atoms with Crippen LogP contribution in [0.3, 0.4) is 0 Å². The summed E-state index contributed by atoms with van der Waals surface area (Å²) in [6.45, 7) is 3.51. The van der Waals surface area contributed by atoms with Gasteiger partial charge in [-0.15, -0.1) is 0 Å². The van der Waals surface area contributed by atoms with Gasteiger partial charge in [0.25, 0.3) is 0 Å². The van der Waals surface area contributed by atoms with Crippen molar-refractivity contribution in [2.24, 2.45) is 0 Å². The number of carbonyl (C=O) groups excluding carboxylic acids is 1. The number of nitrogens with zero attached hydrogens (tertiary/aromatic N) is 1. The van der Waals surface area contributed by atoms with Gasteiger partial charge in [-0.3, -0.25) is 10.1 Å². The summed E-state index contributed by atoms with van der Waals surface area (Å²) in [6.07, 6.45) is 3.55. The second kappa shape index (κ2) is 8.33. The van der Waals surface area contributed by atoms with Gasteiger partial charge in [-0.2, -0.15) is 0 Å². The zero-order chi connectivity index (χ0) is 19.7.